The molecule has 1 aliphatic heterocycles. The highest BCUT2D eigenvalue weighted by Gasteiger charge is 2.27. The number of primary sulfonamides is 1. The average molecular weight is 427 g/mol. The number of hydrogen-bond acceptors (Lipinski definition) is 5. The van der Waals surface area contributed by atoms with Gasteiger partial charge in [0, 0.05) is 24.3 Å². The Kier molecular flexibility index (Phi) is 5.53. The normalized spacial score (nSPS) is 15.5. The highest BCUT2D eigenvalue weighted by molar-refractivity contribution is 7.89. The molecule has 150 valence electrons. The molecule has 0 unspecified atom stereocenters. The van der Waals surface area contributed by atoms with E-state index in [9.17, 15) is 26.0 Å². The highest BCUT2D eigenvalue weighted by atomic mass is 32.2. The summed E-state index contributed by atoms with van der Waals surface area (Å²) in [5, 5.41) is 7.34. The number of carbonyl (C=O) groups is 1. The summed E-state index contributed by atoms with van der Waals surface area (Å²) in [6.45, 7) is 0.858. The van der Waals surface area contributed by atoms with Crippen LogP contribution in [0.3, 0.4) is 0 Å². The molecule has 28 heavy (non-hydrogen) atoms. The number of nitrogens with one attached hydrogen (secondary N) is 1. The van der Waals surface area contributed by atoms with Crippen molar-refractivity contribution in [2.45, 2.75) is 22.6 Å². The minimum atomic E-state index is -4.16. The summed E-state index contributed by atoms with van der Waals surface area (Å²) in [6.07, 6.45) is 1.57. The summed E-state index contributed by atoms with van der Waals surface area (Å²) in [5.74, 6) is -1.61. The van der Waals surface area contributed by atoms with Gasteiger partial charge < -0.3 is 5.32 Å². The van der Waals surface area contributed by atoms with Crippen LogP contribution >= 0.6 is 0 Å². The van der Waals surface area contributed by atoms with Crippen molar-refractivity contribution in [3.63, 3.8) is 0 Å². The maximum Gasteiger partial charge on any atom is 0.255 e. The van der Waals surface area contributed by atoms with Gasteiger partial charge in [0.25, 0.3) is 5.91 Å². The second-order valence-corrected chi connectivity index (χ2v) is 9.81. The van der Waals surface area contributed by atoms with E-state index >= 15 is 0 Å². The van der Waals surface area contributed by atoms with Crippen molar-refractivity contribution in [1.29, 1.82) is 0 Å². The lowest BCUT2D eigenvalue weighted by atomic mass is 10.2. The van der Waals surface area contributed by atoms with Crippen LogP contribution < -0.4 is 10.5 Å². The van der Waals surface area contributed by atoms with Crippen molar-refractivity contribution >= 4 is 31.6 Å². The summed E-state index contributed by atoms with van der Waals surface area (Å²) < 4.78 is 63.1. The highest BCUT2D eigenvalue weighted by Crippen LogP contribution is 2.23. The van der Waals surface area contributed by atoms with Gasteiger partial charge in [0.15, 0.2) is 0 Å². The van der Waals surface area contributed by atoms with Gasteiger partial charge in [0.05, 0.1) is 9.79 Å². The van der Waals surface area contributed by atoms with Gasteiger partial charge >= 0.3 is 0 Å². The zero-order chi connectivity index (χ0) is 20.5. The van der Waals surface area contributed by atoms with Gasteiger partial charge in [0.1, 0.15) is 5.82 Å². The number of benzene rings is 2. The molecule has 1 aliphatic rings. The molecule has 0 bridgehead atoms. The maximum atomic E-state index is 13.6. The van der Waals surface area contributed by atoms with Crippen LogP contribution in [0.4, 0.5) is 10.1 Å². The van der Waals surface area contributed by atoms with Crippen LogP contribution in [0.5, 0.6) is 0 Å². The van der Waals surface area contributed by atoms with E-state index in [1.54, 1.807) is 0 Å². The molecule has 0 spiro atoms. The minimum Gasteiger partial charge on any atom is -0.322 e. The average Bonchev–Trinajstić information content (AvgIpc) is 3.16. The Morgan fingerprint density at radius 1 is 1.00 bits per heavy atom. The first-order valence-electron chi connectivity index (χ1n) is 8.32. The smallest absolute Gasteiger partial charge is 0.255 e. The van der Waals surface area contributed by atoms with Gasteiger partial charge in [-0.15, -0.1) is 0 Å². The number of nitrogens with zero attached hydrogens (tertiary/aromatic N) is 1. The number of carbonyl (C=O) groups excluding carboxylic acids is 1. The molecule has 3 rings (SSSR count). The summed E-state index contributed by atoms with van der Waals surface area (Å²) in [6, 6.07) is 8.12. The quantitative estimate of drug-likeness (QED) is 0.748. The van der Waals surface area contributed by atoms with E-state index in [1.807, 2.05) is 0 Å². The largest absolute Gasteiger partial charge is 0.322 e. The molecule has 0 aliphatic carbocycles. The van der Waals surface area contributed by atoms with E-state index in [1.165, 1.54) is 28.6 Å². The first-order chi connectivity index (χ1) is 13.1. The fourth-order valence-corrected chi connectivity index (χ4v) is 5.01. The monoisotopic (exact) mass is 427 g/mol. The molecule has 0 saturated carbocycles. The first-order valence-corrected chi connectivity index (χ1v) is 11.3. The second kappa shape index (κ2) is 7.59. The Morgan fingerprint density at radius 3 is 2.32 bits per heavy atom. The van der Waals surface area contributed by atoms with E-state index < -0.39 is 36.7 Å². The van der Waals surface area contributed by atoms with E-state index in [4.69, 9.17) is 5.14 Å². The van der Waals surface area contributed by atoms with Crippen molar-refractivity contribution in [2.24, 2.45) is 5.14 Å². The second-order valence-electron chi connectivity index (χ2n) is 6.31. The maximum absolute atomic E-state index is 13.6. The van der Waals surface area contributed by atoms with Crippen molar-refractivity contribution < 1.29 is 26.0 Å². The number of hydrogen-bond donors (Lipinski definition) is 2. The topological polar surface area (TPSA) is 127 Å². The molecule has 1 fully saturated rings. The standard InChI is InChI=1S/C17H18FN3O5S2/c18-13-9-14(11-16(10-13)27(19,23)24)20-17(22)12-4-3-5-15(8-12)28(25,26)21-6-1-2-7-21/h3-5,8-11H,1-2,6-7H2,(H,20,22)(H2,19,23,24). The fourth-order valence-electron chi connectivity index (χ4n) is 2.88. The van der Waals surface area contributed by atoms with Crippen LogP contribution in [0.1, 0.15) is 23.2 Å². The third-order valence-corrected chi connectivity index (χ3v) is 7.04. The Balaban J connectivity index is 1.87. The third-order valence-electron chi connectivity index (χ3n) is 4.26. The predicted molar refractivity (Wildman–Crippen MR) is 100 cm³/mol. The molecule has 2 aromatic rings. The van der Waals surface area contributed by atoms with Crippen LogP contribution in [-0.4, -0.2) is 40.1 Å². The Labute approximate surface area is 162 Å². The lowest BCUT2D eigenvalue weighted by Crippen LogP contribution is -2.28. The Bertz CT molecular complexity index is 1130. The van der Waals surface area contributed by atoms with Gasteiger partial charge in [-0.25, -0.2) is 26.4 Å². The fraction of sp³-hybridized carbons (Fsp3) is 0.235. The van der Waals surface area contributed by atoms with Crippen LogP contribution in [-0.2, 0) is 20.0 Å². The van der Waals surface area contributed by atoms with Gasteiger partial charge in [-0.3, -0.25) is 4.79 Å². The SMILES string of the molecule is NS(=O)(=O)c1cc(F)cc(NC(=O)c2cccc(S(=O)(=O)N3CCCC3)c2)c1. The molecule has 1 heterocycles. The van der Waals surface area contributed by atoms with Crippen LogP contribution in [0.2, 0.25) is 0 Å². The zero-order valence-corrected chi connectivity index (χ0v) is 16.3. The van der Waals surface area contributed by atoms with E-state index in [2.05, 4.69) is 5.32 Å². The molecular weight excluding hydrogens is 409 g/mol. The number of nitrogens with two attached hydrogens (primary N) is 1. The molecule has 1 amide bonds. The Hall–Kier alpha value is -2.34. The van der Waals surface area contributed by atoms with E-state index in [0.717, 1.165) is 31.0 Å². The summed E-state index contributed by atoms with van der Waals surface area (Å²) >= 11 is 0. The molecule has 0 atom stereocenters. The number of amides is 1. The van der Waals surface area contributed by atoms with Gasteiger partial charge in [-0.05, 0) is 49.2 Å². The van der Waals surface area contributed by atoms with Gasteiger partial charge in [-0.2, -0.15) is 4.31 Å². The zero-order valence-electron chi connectivity index (χ0n) is 14.6. The molecule has 1 saturated heterocycles. The van der Waals surface area contributed by atoms with Gasteiger partial charge in [-0.1, -0.05) is 6.07 Å². The molecule has 11 heteroatoms. The van der Waals surface area contributed by atoms with E-state index in [-0.39, 0.29) is 16.1 Å². The molecule has 8 nitrogen and oxygen atoms in total. The molecule has 2 aromatic carbocycles. The number of anilines is 1. The minimum absolute atomic E-state index is 0.0217. The molecular formula is C17H18FN3O5S2. The molecule has 0 aromatic heterocycles. The number of rotatable bonds is 5. The third kappa shape index (κ3) is 4.38. The molecule has 0 radical (unpaired) electrons. The van der Waals surface area contributed by atoms with Crippen LogP contribution in [0.25, 0.3) is 0 Å². The number of sulfonamides is 2. The predicted octanol–water partition coefficient (Wildman–Crippen LogP) is 1.51. The van der Waals surface area contributed by atoms with Gasteiger partial charge in [0.2, 0.25) is 20.0 Å². The summed E-state index contributed by atoms with van der Waals surface area (Å²) in [4.78, 5) is 11.9. The van der Waals surface area contributed by atoms with Crippen LogP contribution in [0.15, 0.2) is 52.3 Å². The summed E-state index contributed by atoms with van der Waals surface area (Å²) in [5.41, 5.74) is -0.0940. The lowest BCUT2D eigenvalue weighted by Gasteiger charge is -2.16. The first kappa shape index (κ1) is 20.4. The number of halogens is 1. The van der Waals surface area contributed by atoms with Crippen molar-refractivity contribution in [3.05, 3.63) is 53.8 Å². The van der Waals surface area contributed by atoms with Crippen molar-refractivity contribution in [3.8, 4) is 0 Å². The molecule has 3 N–H and O–H groups in total. The Morgan fingerprint density at radius 2 is 1.68 bits per heavy atom. The van der Waals surface area contributed by atoms with Crippen LogP contribution in [0, 0.1) is 5.82 Å². The summed E-state index contributed by atoms with van der Waals surface area (Å²) in [7, 11) is -7.86. The van der Waals surface area contributed by atoms with Crippen molar-refractivity contribution in [2.75, 3.05) is 18.4 Å². The van der Waals surface area contributed by atoms with E-state index in [0.29, 0.717) is 13.1 Å². The van der Waals surface area contributed by atoms with Crippen molar-refractivity contribution in [1.82, 2.24) is 4.31 Å². The lowest BCUT2D eigenvalue weighted by molar-refractivity contribution is 0.102.